The molecule has 0 atom stereocenters. The molecule has 0 saturated carbocycles. The van der Waals surface area contributed by atoms with Crippen LogP contribution in [0.15, 0.2) is 47.5 Å². The smallest absolute Gasteiger partial charge is 0.251 e. The Kier molecular flexibility index (Phi) is 6.54. The zero-order valence-corrected chi connectivity index (χ0v) is 16.0. The van der Waals surface area contributed by atoms with E-state index < -0.39 is 0 Å². The zero-order chi connectivity index (χ0) is 19.1. The van der Waals surface area contributed by atoms with Crippen LogP contribution in [0.2, 0.25) is 0 Å². The van der Waals surface area contributed by atoms with Gasteiger partial charge in [0.2, 0.25) is 0 Å². The molecule has 0 unspecified atom stereocenters. The number of rotatable bonds is 9. The highest BCUT2D eigenvalue weighted by Crippen LogP contribution is 2.21. The molecule has 0 amide bonds. The monoisotopic (exact) mass is 365 g/mol. The Balaban J connectivity index is 1.77. The van der Waals surface area contributed by atoms with Crippen molar-refractivity contribution in [3.8, 4) is 11.4 Å². The predicted molar refractivity (Wildman–Crippen MR) is 108 cm³/mol. The van der Waals surface area contributed by atoms with Crippen molar-refractivity contribution in [2.45, 2.75) is 39.2 Å². The van der Waals surface area contributed by atoms with Crippen molar-refractivity contribution < 1.29 is 0 Å². The number of H-pyrrole nitrogens is 2. The SMILES string of the molecule is CCCCc1cc(=O)[nH]c(-c2ccccc2CN(C)CCc2cn[nH]c2)n1. The average Bonchev–Trinajstić information content (AvgIpc) is 3.18. The van der Waals surface area contributed by atoms with Crippen molar-refractivity contribution in [1.82, 2.24) is 25.1 Å². The molecule has 2 heterocycles. The fourth-order valence-electron chi connectivity index (χ4n) is 3.11. The van der Waals surface area contributed by atoms with Crippen LogP contribution in [-0.2, 0) is 19.4 Å². The number of nitrogens with zero attached hydrogens (tertiary/aromatic N) is 3. The number of unbranched alkanes of at least 4 members (excludes halogenated alkanes) is 1. The highest BCUT2D eigenvalue weighted by molar-refractivity contribution is 5.60. The summed E-state index contributed by atoms with van der Waals surface area (Å²) in [6, 6.07) is 9.76. The van der Waals surface area contributed by atoms with E-state index in [4.69, 9.17) is 4.98 Å². The van der Waals surface area contributed by atoms with Crippen molar-refractivity contribution in [2.75, 3.05) is 13.6 Å². The van der Waals surface area contributed by atoms with Gasteiger partial charge in [0.15, 0.2) is 0 Å². The Morgan fingerprint density at radius 3 is 2.81 bits per heavy atom. The Morgan fingerprint density at radius 2 is 2.04 bits per heavy atom. The third-order valence-electron chi connectivity index (χ3n) is 4.63. The van der Waals surface area contributed by atoms with Crippen molar-refractivity contribution >= 4 is 0 Å². The number of aryl methyl sites for hydroxylation is 1. The van der Waals surface area contributed by atoms with Crippen LogP contribution >= 0.6 is 0 Å². The standard InChI is InChI=1S/C21H27N5O/c1-3-4-8-18-12-20(27)25-21(24-18)19-9-6-5-7-17(19)15-26(2)11-10-16-13-22-23-14-16/h5-7,9,12-14H,3-4,8,10-11,15H2,1-2H3,(H,22,23)(H,24,25,27). The van der Waals surface area contributed by atoms with E-state index >= 15 is 0 Å². The van der Waals surface area contributed by atoms with Crippen LogP contribution in [0.1, 0.15) is 36.6 Å². The van der Waals surface area contributed by atoms with E-state index in [2.05, 4.69) is 40.1 Å². The predicted octanol–water partition coefficient (Wildman–Crippen LogP) is 3.18. The Bertz CT molecular complexity index is 901. The molecule has 3 aromatic rings. The first-order valence-corrected chi connectivity index (χ1v) is 9.50. The molecule has 1 aromatic carbocycles. The van der Waals surface area contributed by atoms with E-state index in [1.807, 2.05) is 30.6 Å². The lowest BCUT2D eigenvalue weighted by Crippen LogP contribution is -2.21. The molecule has 6 heteroatoms. The molecule has 0 aliphatic carbocycles. The summed E-state index contributed by atoms with van der Waals surface area (Å²) in [5, 5.41) is 6.84. The number of benzene rings is 1. The number of aromatic amines is 2. The van der Waals surface area contributed by atoms with Crippen LogP contribution in [0.3, 0.4) is 0 Å². The molecule has 6 nitrogen and oxygen atoms in total. The number of likely N-dealkylation sites (N-methyl/N-ethyl adjacent to an activating group) is 1. The molecule has 0 radical (unpaired) electrons. The molecule has 27 heavy (non-hydrogen) atoms. The minimum Gasteiger partial charge on any atom is -0.307 e. The van der Waals surface area contributed by atoms with Crippen molar-refractivity contribution in [3.63, 3.8) is 0 Å². The van der Waals surface area contributed by atoms with Gasteiger partial charge in [-0.05, 0) is 37.4 Å². The van der Waals surface area contributed by atoms with Gasteiger partial charge < -0.3 is 9.88 Å². The van der Waals surface area contributed by atoms with Gasteiger partial charge in [0.05, 0.1) is 6.20 Å². The molecule has 0 saturated heterocycles. The molecule has 142 valence electrons. The number of aromatic nitrogens is 4. The maximum atomic E-state index is 12.1. The van der Waals surface area contributed by atoms with Gasteiger partial charge in [-0.1, -0.05) is 37.6 Å². The van der Waals surface area contributed by atoms with Gasteiger partial charge in [0.25, 0.3) is 5.56 Å². The van der Waals surface area contributed by atoms with Gasteiger partial charge in [-0.3, -0.25) is 9.89 Å². The van der Waals surface area contributed by atoms with Crippen LogP contribution in [0.4, 0.5) is 0 Å². The molecule has 0 bridgehead atoms. The van der Waals surface area contributed by atoms with E-state index in [1.165, 1.54) is 5.56 Å². The molecule has 2 N–H and O–H groups in total. The molecule has 0 aliphatic heterocycles. The lowest BCUT2D eigenvalue weighted by atomic mass is 10.1. The summed E-state index contributed by atoms with van der Waals surface area (Å²) in [5.41, 5.74) is 4.11. The fraction of sp³-hybridized carbons (Fsp3) is 0.381. The summed E-state index contributed by atoms with van der Waals surface area (Å²) in [6.07, 6.45) is 7.68. The van der Waals surface area contributed by atoms with Crippen LogP contribution in [0.5, 0.6) is 0 Å². The summed E-state index contributed by atoms with van der Waals surface area (Å²) in [4.78, 5) is 22.0. The van der Waals surface area contributed by atoms with E-state index in [0.29, 0.717) is 5.82 Å². The third kappa shape index (κ3) is 5.37. The van der Waals surface area contributed by atoms with E-state index in [9.17, 15) is 4.79 Å². The van der Waals surface area contributed by atoms with Gasteiger partial charge in [0, 0.05) is 36.6 Å². The topological polar surface area (TPSA) is 77.7 Å². The molecule has 2 aromatic heterocycles. The van der Waals surface area contributed by atoms with Crippen LogP contribution in [0, 0.1) is 0 Å². The lowest BCUT2D eigenvalue weighted by molar-refractivity contribution is 0.331. The maximum Gasteiger partial charge on any atom is 0.251 e. The summed E-state index contributed by atoms with van der Waals surface area (Å²) in [7, 11) is 2.10. The minimum atomic E-state index is -0.0887. The van der Waals surface area contributed by atoms with Gasteiger partial charge >= 0.3 is 0 Å². The van der Waals surface area contributed by atoms with Crippen LogP contribution < -0.4 is 5.56 Å². The highest BCUT2D eigenvalue weighted by atomic mass is 16.1. The minimum absolute atomic E-state index is 0.0887. The lowest BCUT2D eigenvalue weighted by Gasteiger charge is -2.18. The fourth-order valence-corrected chi connectivity index (χ4v) is 3.11. The van der Waals surface area contributed by atoms with Gasteiger partial charge in [-0.15, -0.1) is 0 Å². The van der Waals surface area contributed by atoms with Crippen molar-refractivity contribution in [2.24, 2.45) is 0 Å². The highest BCUT2D eigenvalue weighted by Gasteiger charge is 2.11. The summed E-state index contributed by atoms with van der Waals surface area (Å²) < 4.78 is 0. The van der Waals surface area contributed by atoms with Gasteiger partial charge in [0.1, 0.15) is 5.82 Å². The first-order chi connectivity index (χ1) is 13.2. The molecule has 0 aliphatic rings. The van der Waals surface area contributed by atoms with Crippen molar-refractivity contribution in [3.05, 3.63) is 69.9 Å². The van der Waals surface area contributed by atoms with Crippen LogP contribution in [-0.4, -0.2) is 38.7 Å². The van der Waals surface area contributed by atoms with Gasteiger partial charge in [-0.2, -0.15) is 5.10 Å². The van der Waals surface area contributed by atoms with Crippen LogP contribution in [0.25, 0.3) is 11.4 Å². The van der Waals surface area contributed by atoms with Crippen molar-refractivity contribution in [1.29, 1.82) is 0 Å². The second-order valence-electron chi connectivity index (χ2n) is 6.94. The first kappa shape index (κ1) is 19.0. The average molecular weight is 365 g/mol. The Labute approximate surface area is 159 Å². The second-order valence-corrected chi connectivity index (χ2v) is 6.94. The van der Waals surface area contributed by atoms with E-state index in [-0.39, 0.29) is 5.56 Å². The Hall–Kier alpha value is -2.73. The summed E-state index contributed by atoms with van der Waals surface area (Å²) in [6.45, 7) is 3.86. The molecular formula is C21H27N5O. The molecular weight excluding hydrogens is 338 g/mol. The first-order valence-electron chi connectivity index (χ1n) is 9.50. The zero-order valence-electron chi connectivity index (χ0n) is 16.0. The maximum absolute atomic E-state index is 12.1. The quantitative estimate of drug-likeness (QED) is 0.610. The second kappa shape index (κ2) is 9.28. The number of nitrogens with one attached hydrogen (secondary N) is 2. The largest absolute Gasteiger partial charge is 0.307 e. The normalized spacial score (nSPS) is 11.2. The van der Waals surface area contributed by atoms with Gasteiger partial charge in [-0.25, -0.2) is 4.98 Å². The molecule has 0 spiro atoms. The number of hydrogen-bond acceptors (Lipinski definition) is 4. The summed E-state index contributed by atoms with van der Waals surface area (Å²) >= 11 is 0. The number of hydrogen-bond donors (Lipinski definition) is 2. The van der Waals surface area contributed by atoms with E-state index in [0.717, 1.165) is 55.6 Å². The third-order valence-corrected chi connectivity index (χ3v) is 4.63. The Morgan fingerprint density at radius 1 is 1.19 bits per heavy atom. The molecule has 0 fully saturated rings. The summed E-state index contributed by atoms with van der Waals surface area (Å²) in [5.74, 6) is 0.660. The molecule has 3 rings (SSSR count). The van der Waals surface area contributed by atoms with E-state index in [1.54, 1.807) is 6.07 Å².